The molecule has 0 atom stereocenters. The number of hydrogen-bond acceptors (Lipinski definition) is 4. The van der Waals surface area contributed by atoms with Crippen LogP contribution in [0.2, 0.25) is 0 Å². The van der Waals surface area contributed by atoms with E-state index in [-0.39, 0.29) is 11.9 Å². The predicted octanol–water partition coefficient (Wildman–Crippen LogP) is 2.95. The van der Waals surface area contributed by atoms with Crippen LogP contribution in [-0.2, 0) is 19.1 Å². The SMILES string of the molecule is CC(=O)OCCCC(C)C.CCCOC(C)=O. The van der Waals surface area contributed by atoms with Crippen molar-refractivity contribution < 1.29 is 19.1 Å². The fourth-order valence-corrected chi connectivity index (χ4v) is 0.953. The molecule has 4 nitrogen and oxygen atoms in total. The summed E-state index contributed by atoms with van der Waals surface area (Å²) in [5.74, 6) is 0.334. The molecule has 0 fully saturated rings. The van der Waals surface area contributed by atoms with E-state index in [1.807, 2.05) is 6.92 Å². The molecule has 0 aromatic rings. The largest absolute Gasteiger partial charge is 0.466 e. The van der Waals surface area contributed by atoms with Gasteiger partial charge in [-0.1, -0.05) is 20.8 Å². The normalized spacial score (nSPS) is 9.29. The summed E-state index contributed by atoms with van der Waals surface area (Å²) < 4.78 is 9.31. The maximum Gasteiger partial charge on any atom is 0.302 e. The number of esters is 2. The van der Waals surface area contributed by atoms with Gasteiger partial charge in [0.05, 0.1) is 13.2 Å². The van der Waals surface area contributed by atoms with Crippen molar-refractivity contribution in [2.75, 3.05) is 13.2 Å². The first-order valence-electron chi connectivity index (χ1n) is 6.16. The van der Waals surface area contributed by atoms with Crippen LogP contribution in [0.5, 0.6) is 0 Å². The van der Waals surface area contributed by atoms with Gasteiger partial charge in [0.1, 0.15) is 0 Å². The van der Waals surface area contributed by atoms with Crippen molar-refractivity contribution in [2.45, 2.75) is 53.9 Å². The van der Waals surface area contributed by atoms with Crippen molar-refractivity contribution in [2.24, 2.45) is 5.92 Å². The molecule has 102 valence electrons. The highest BCUT2D eigenvalue weighted by Gasteiger charge is 1.95. The number of carbonyl (C=O) groups excluding carboxylic acids is 2. The van der Waals surface area contributed by atoms with Crippen LogP contribution in [0.15, 0.2) is 0 Å². The zero-order chi connectivity index (χ0) is 13.7. The van der Waals surface area contributed by atoms with Gasteiger partial charge in [0.2, 0.25) is 0 Å². The topological polar surface area (TPSA) is 52.6 Å². The molecule has 4 heteroatoms. The minimum atomic E-state index is -0.193. The Morgan fingerprint density at radius 1 is 1.00 bits per heavy atom. The van der Waals surface area contributed by atoms with E-state index in [1.54, 1.807) is 0 Å². The van der Waals surface area contributed by atoms with Crippen LogP contribution in [0.1, 0.15) is 53.9 Å². The van der Waals surface area contributed by atoms with Crippen LogP contribution in [-0.4, -0.2) is 25.2 Å². The molecule has 0 amide bonds. The zero-order valence-corrected chi connectivity index (χ0v) is 11.7. The molecule has 0 bridgehead atoms. The third-order valence-corrected chi connectivity index (χ3v) is 1.74. The molecule has 0 N–H and O–H groups in total. The first-order valence-corrected chi connectivity index (χ1v) is 6.16. The highest BCUT2D eigenvalue weighted by molar-refractivity contribution is 5.66. The average Bonchev–Trinajstić information content (AvgIpc) is 2.22. The zero-order valence-electron chi connectivity index (χ0n) is 11.7. The summed E-state index contributed by atoms with van der Waals surface area (Å²) in [4.78, 5) is 20.2. The van der Waals surface area contributed by atoms with Crippen LogP contribution >= 0.6 is 0 Å². The van der Waals surface area contributed by atoms with Gasteiger partial charge in [-0.2, -0.15) is 0 Å². The highest BCUT2D eigenvalue weighted by Crippen LogP contribution is 2.02. The van der Waals surface area contributed by atoms with Crippen molar-refractivity contribution >= 4 is 11.9 Å². The maximum absolute atomic E-state index is 10.3. The molecular formula is C13H26O4. The number of ether oxygens (including phenoxy) is 2. The Kier molecular flexibility index (Phi) is 14.0. The molecule has 0 aliphatic carbocycles. The molecule has 0 spiro atoms. The number of hydrogen-bond donors (Lipinski definition) is 0. The van der Waals surface area contributed by atoms with Crippen molar-refractivity contribution in [3.8, 4) is 0 Å². The van der Waals surface area contributed by atoms with Gasteiger partial charge < -0.3 is 9.47 Å². The third-order valence-electron chi connectivity index (χ3n) is 1.74. The smallest absolute Gasteiger partial charge is 0.302 e. The Morgan fingerprint density at radius 2 is 1.47 bits per heavy atom. The summed E-state index contributed by atoms with van der Waals surface area (Å²) in [6.07, 6.45) is 3.02. The minimum Gasteiger partial charge on any atom is -0.466 e. The van der Waals surface area contributed by atoms with Crippen molar-refractivity contribution in [1.29, 1.82) is 0 Å². The summed E-state index contributed by atoms with van der Waals surface area (Å²) >= 11 is 0. The molecule has 0 heterocycles. The van der Waals surface area contributed by atoms with Crippen LogP contribution < -0.4 is 0 Å². The lowest BCUT2D eigenvalue weighted by atomic mass is 10.1. The lowest BCUT2D eigenvalue weighted by Crippen LogP contribution is -2.01. The number of carbonyl (C=O) groups is 2. The van der Waals surface area contributed by atoms with Gasteiger partial charge >= 0.3 is 11.9 Å². The molecule has 0 rings (SSSR count). The first-order chi connectivity index (χ1) is 7.90. The molecule has 0 saturated carbocycles. The molecule has 0 saturated heterocycles. The Balaban J connectivity index is 0. The molecule has 0 aliphatic rings. The molecule has 17 heavy (non-hydrogen) atoms. The lowest BCUT2D eigenvalue weighted by Gasteiger charge is -2.03. The van der Waals surface area contributed by atoms with Crippen LogP contribution in [0.25, 0.3) is 0 Å². The monoisotopic (exact) mass is 246 g/mol. The first kappa shape index (κ1) is 18.3. The quantitative estimate of drug-likeness (QED) is 0.534. The summed E-state index contributed by atoms with van der Waals surface area (Å²) in [7, 11) is 0. The lowest BCUT2D eigenvalue weighted by molar-refractivity contribution is -0.142. The van der Waals surface area contributed by atoms with Gasteiger partial charge in [0.15, 0.2) is 0 Å². The van der Waals surface area contributed by atoms with Gasteiger partial charge in [-0.15, -0.1) is 0 Å². The Morgan fingerprint density at radius 3 is 1.76 bits per heavy atom. The molecule has 0 unspecified atom stereocenters. The Labute approximate surface area is 105 Å². The fourth-order valence-electron chi connectivity index (χ4n) is 0.953. The minimum absolute atomic E-state index is 0.177. The summed E-state index contributed by atoms with van der Waals surface area (Å²) in [6.45, 7) is 10.3. The fraction of sp³-hybridized carbons (Fsp3) is 0.846. The van der Waals surface area contributed by atoms with E-state index >= 15 is 0 Å². The van der Waals surface area contributed by atoms with Crippen LogP contribution in [0.3, 0.4) is 0 Å². The summed E-state index contributed by atoms with van der Waals surface area (Å²) in [5.41, 5.74) is 0. The second-order valence-electron chi connectivity index (χ2n) is 4.22. The van der Waals surface area contributed by atoms with E-state index in [0.717, 1.165) is 19.3 Å². The average molecular weight is 246 g/mol. The predicted molar refractivity (Wildman–Crippen MR) is 67.6 cm³/mol. The Bertz CT molecular complexity index is 200. The highest BCUT2D eigenvalue weighted by atomic mass is 16.5. The van der Waals surface area contributed by atoms with Gasteiger partial charge in [-0.25, -0.2) is 0 Å². The van der Waals surface area contributed by atoms with Gasteiger partial charge in [-0.05, 0) is 25.2 Å². The second-order valence-corrected chi connectivity index (χ2v) is 4.22. The van der Waals surface area contributed by atoms with E-state index in [2.05, 4.69) is 18.6 Å². The molecular weight excluding hydrogens is 220 g/mol. The van der Waals surface area contributed by atoms with Crippen molar-refractivity contribution in [3.05, 3.63) is 0 Å². The van der Waals surface area contributed by atoms with Crippen molar-refractivity contribution in [3.63, 3.8) is 0 Å². The third kappa shape index (κ3) is 25.3. The van der Waals surface area contributed by atoms with E-state index in [0.29, 0.717) is 19.1 Å². The van der Waals surface area contributed by atoms with E-state index in [9.17, 15) is 9.59 Å². The van der Waals surface area contributed by atoms with Gasteiger partial charge in [0.25, 0.3) is 0 Å². The van der Waals surface area contributed by atoms with Gasteiger partial charge in [-0.3, -0.25) is 9.59 Å². The summed E-state index contributed by atoms with van der Waals surface area (Å²) in [5, 5.41) is 0. The van der Waals surface area contributed by atoms with E-state index < -0.39 is 0 Å². The van der Waals surface area contributed by atoms with Crippen molar-refractivity contribution in [1.82, 2.24) is 0 Å². The Hall–Kier alpha value is -1.06. The van der Waals surface area contributed by atoms with Gasteiger partial charge in [0, 0.05) is 13.8 Å². The summed E-state index contributed by atoms with van der Waals surface area (Å²) in [6, 6.07) is 0. The molecule has 0 radical (unpaired) electrons. The van der Waals surface area contributed by atoms with E-state index in [1.165, 1.54) is 13.8 Å². The molecule has 0 aromatic heterocycles. The molecule has 0 aliphatic heterocycles. The second kappa shape index (κ2) is 13.0. The van der Waals surface area contributed by atoms with Crippen LogP contribution in [0.4, 0.5) is 0 Å². The molecule has 0 aromatic carbocycles. The maximum atomic E-state index is 10.3. The van der Waals surface area contributed by atoms with Crippen LogP contribution in [0, 0.1) is 5.92 Å². The van der Waals surface area contributed by atoms with E-state index in [4.69, 9.17) is 4.74 Å². The number of rotatable bonds is 6. The standard InChI is InChI=1S/C8H16O2.C5H10O2/c1-7(2)5-4-6-10-8(3)9;1-3-4-7-5(2)6/h7H,4-6H2,1-3H3;3-4H2,1-2H3.